The molecule has 0 saturated heterocycles. The van der Waals surface area contributed by atoms with Crippen molar-refractivity contribution in [3.8, 4) is 17.0 Å². The van der Waals surface area contributed by atoms with Gasteiger partial charge in [-0.05, 0) is 72.9 Å². The third-order valence-corrected chi connectivity index (χ3v) is 7.10. The lowest BCUT2D eigenvalue weighted by Crippen LogP contribution is -2.08. The van der Waals surface area contributed by atoms with Crippen molar-refractivity contribution in [1.29, 1.82) is 0 Å². The van der Waals surface area contributed by atoms with E-state index in [4.69, 9.17) is 9.47 Å². The largest absolute Gasteiger partial charge is 0.423 e. The van der Waals surface area contributed by atoms with E-state index in [1.807, 2.05) is 60.8 Å². The summed E-state index contributed by atoms with van der Waals surface area (Å²) in [6.07, 6.45) is 18.3. The van der Waals surface area contributed by atoms with Crippen molar-refractivity contribution in [3.05, 3.63) is 83.6 Å². The van der Waals surface area contributed by atoms with Crippen LogP contribution < -0.4 is 4.74 Å². The van der Waals surface area contributed by atoms with Crippen molar-refractivity contribution in [2.75, 3.05) is 6.61 Å². The van der Waals surface area contributed by atoms with Crippen LogP contribution in [0.3, 0.4) is 0 Å². The molecular formula is C35H47NO3. The lowest BCUT2D eigenvalue weighted by atomic mass is 10.0. The molecule has 4 nitrogen and oxygen atoms in total. The zero-order valence-electron chi connectivity index (χ0n) is 24.1. The van der Waals surface area contributed by atoms with Gasteiger partial charge in [-0.15, -0.1) is 0 Å². The summed E-state index contributed by atoms with van der Waals surface area (Å²) in [7, 11) is 0. The highest BCUT2D eigenvalue weighted by Gasteiger charge is 2.09. The molecule has 0 aliphatic carbocycles. The van der Waals surface area contributed by atoms with Crippen molar-refractivity contribution in [1.82, 2.24) is 4.98 Å². The minimum atomic E-state index is -0.335. The molecule has 3 aromatic rings. The maximum atomic E-state index is 12.6. The Morgan fingerprint density at radius 1 is 0.667 bits per heavy atom. The molecule has 4 heteroatoms. The molecule has 2 aromatic carbocycles. The number of benzene rings is 2. The summed E-state index contributed by atoms with van der Waals surface area (Å²) in [6, 6.07) is 19.4. The number of nitrogens with zero attached hydrogens (tertiary/aromatic N) is 1. The Labute approximate surface area is 236 Å². The van der Waals surface area contributed by atoms with E-state index >= 15 is 0 Å². The number of unbranched alkanes of at least 4 members (excludes halogenated alkanes) is 10. The van der Waals surface area contributed by atoms with Gasteiger partial charge in [-0.2, -0.15) is 0 Å². The Hall–Kier alpha value is -2.98. The van der Waals surface area contributed by atoms with E-state index in [1.165, 1.54) is 76.2 Å². The van der Waals surface area contributed by atoms with Crippen LogP contribution in [0.2, 0.25) is 0 Å². The van der Waals surface area contributed by atoms with Gasteiger partial charge < -0.3 is 9.47 Å². The maximum absolute atomic E-state index is 12.6. The van der Waals surface area contributed by atoms with Crippen LogP contribution in [0.25, 0.3) is 11.3 Å². The number of rotatable bonds is 19. The Bertz CT molecular complexity index is 1060. The highest BCUT2D eigenvalue weighted by Crippen LogP contribution is 2.22. The number of ether oxygens (including phenoxy) is 2. The van der Waals surface area contributed by atoms with Gasteiger partial charge >= 0.3 is 5.97 Å². The lowest BCUT2D eigenvalue weighted by Gasteiger charge is -2.08. The van der Waals surface area contributed by atoms with Crippen LogP contribution in [-0.2, 0) is 17.8 Å². The fraction of sp³-hybridized carbons (Fsp3) is 0.486. The number of carbonyl (C=O) groups excluding carboxylic acids is 1. The molecule has 0 amide bonds. The molecule has 3 rings (SSSR count). The Balaban J connectivity index is 1.39. The number of carbonyl (C=O) groups is 1. The third kappa shape index (κ3) is 11.7. The van der Waals surface area contributed by atoms with Gasteiger partial charge in [-0.1, -0.05) is 96.3 Å². The number of hydrogen-bond donors (Lipinski definition) is 0. The normalized spacial score (nSPS) is 11.0. The van der Waals surface area contributed by atoms with E-state index < -0.39 is 0 Å². The van der Waals surface area contributed by atoms with Gasteiger partial charge in [0.15, 0.2) is 0 Å². The average Bonchev–Trinajstić information content (AvgIpc) is 2.97. The topological polar surface area (TPSA) is 48.4 Å². The average molecular weight is 530 g/mol. The molecule has 0 spiro atoms. The summed E-state index contributed by atoms with van der Waals surface area (Å²) in [5.74, 6) is 0.193. The second-order valence-electron chi connectivity index (χ2n) is 10.5. The molecule has 0 radical (unpaired) electrons. The number of aromatic nitrogens is 1. The first-order valence-electron chi connectivity index (χ1n) is 15.1. The summed E-state index contributed by atoms with van der Waals surface area (Å²) >= 11 is 0. The number of esters is 1. The predicted molar refractivity (Wildman–Crippen MR) is 161 cm³/mol. The van der Waals surface area contributed by atoms with Crippen LogP contribution in [0.5, 0.6) is 5.75 Å². The van der Waals surface area contributed by atoms with Crippen molar-refractivity contribution >= 4 is 5.97 Å². The van der Waals surface area contributed by atoms with E-state index in [2.05, 4.69) is 24.9 Å². The van der Waals surface area contributed by atoms with Crippen molar-refractivity contribution in [3.63, 3.8) is 0 Å². The summed E-state index contributed by atoms with van der Waals surface area (Å²) in [5, 5.41) is 0. The van der Waals surface area contributed by atoms with E-state index in [1.54, 1.807) is 0 Å². The minimum Gasteiger partial charge on any atom is -0.423 e. The summed E-state index contributed by atoms with van der Waals surface area (Å²) in [5.41, 5.74) is 4.78. The van der Waals surface area contributed by atoms with E-state index in [0.717, 1.165) is 36.3 Å². The molecule has 1 heterocycles. The van der Waals surface area contributed by atoms with Crippen molar-refractivity contribution < 1.29 is 14.3 Å². The summed E-state index contributed by atoms with van der Waals surface area (Å²) < 4.78 is 11.4. The van der Waals surface area contributed by atoms with Gasteiger partial charge in [0, 0.05) is 18.4 Å². The molecule has 0 unspecified atom stereocenters. The Kier molecular flexibility index (Phi) is 14.4. The molecule has 0 aliphatic heterocycles. The number of aryl methyl sites for hydroxylation is 1. The van der Waals surface area contributed by atoms with Crippen LogP contribution in [-0.4, -0.2) is 17.6 Å². The zero-order valence-corrected chi connectivity index (χ0v) is 24.1. The van der Waals surface area contributed by atoms with E-state index in [-0.39, 0.29) is 5.97 Å². The summed E-state index contributed by atoms with van der Waals surface area (Å²) in [4.78, 5) is 17.2. The predicted octanol–water partition coefficient (Wildman–Crippen LogP) is 9.75. The highest BCUT2D eigenvalue weighted by molar-refractivity contribution is 5.91. The monoisotopic (exact) mass is 529 g/mol. The molecule has 0 saturated carbocycles. The molecule has 39 heavy (non-hydrogen) atoms. The van der Waals surface area contributed by atoms with Gasteiger partial charge in [0.2, 0.25) is 0 Å². The first kappa shape index (κ1) is 30.6. The minimum absolute atomic E-state index is 0.335. The zero-order chi connectivity index (χ0) is 27.5. The van der Waals surface area contributed by atoms with Crippen molar-refractivity contribution in [2.45, 2.75) is 104 Å². The van der Waals surface area contributed by atoms with Crippen LogP contribution >= 0.6 is 0 Å². The number of hydrogen-bond acceptors (Lipinski definition) is 4. The van der Waals surface area contributed by atoms with E-state index in [0.29, 0.717) is 17.9 Å². The smallest absolute Gasteiger partial charge is 0.343 e. The Morgan fingerprint density at radius 3 is 1.92 bits per heavy atom. The quantitative estimate of drug-likeness (QED) is 0.0881. The first-order chi connectivity index (χ1) is 19.2. The molecule has 0 fully saturated rings. The lowest BCUT2D eigenvalue weighted by molar-refractivity contribution is 0.0734. The van der Waals surface area contributed by atoms with E-state index in [9.17, 15) is 4.79 Å². The van der Waals surface area contributed by atoms with Crippen LogP contribution in [0.4, 0.5) is 0 Å². The van der Waals surface area contributed by atoms with Gasteiger partial charge in [0.1, 0.15) is 5.75 Å². The standard InChI is InChI=1S/C35H47NO3/c1-3-5-7-9-10-11-13-15-29-16-19-32(20-17-29)35(37)39-33-23-21-31(22-24-33)34-25-18-30(27-36-34)28-38-26-14-12-8-6-4-2/h16-25,27H,3-15,26,28H2,1-2H3. The molecule has 0 bridgehead atoms. The first-order valence-corrected chi connectivity index (χ1v) is 15.1. The van der Waals surface area contributed by atoms with Crippen molar-refractivity contribution in [2.24, 2.45) is 0 Å². The molecule has 0 aliphatic rings. The second kappa shape index (κ2) is 18.3. The molecule has 0 atom stereocenters. The fourth-order valence-corrected chi connectivity index (χ4v) is 4.63. The van der Waals surface area contributed by atoms with Crippen LogP contribution in [0, 0.1) is 0 Å². The molecule has 210 valence electrons. The van der Waals surface area contributed by atoms with Crippen LogP contribution in [0.1, 0.15) is 112 Å². The molecule has 0 N–H and O–H groups in total. The van der Waals surface area contributed by atoms with Gasteiger partial charge in [-0.25, -0.2) is 4.79 Å². The summed E-state index contributed by atoms with van der Waals surface area (Å²) in [6.45, 7) is 5.88. The van der Waals surface area contributed by atoms with Gasteiger partial charge in [0.05, 0.1) is 17.9 Å². The SMILES string of the molecule is CCCCCCCCCc1ccc(C(=O)Oc2ccc(-c3ccc(COCCCCCCC)cn3)cc2)cc1. The van der Waals surface area contributed by atoms with Gasteiger partial charge in [0.25, 0.3) is 0 Å². The molecular weight excluding hydrogens is 482 g/mol. The third-order valence-electron chi connectivity index (χ3n) is 7.10. The second-order valence-corrected chi connectivity index (χ2v) is 10.5. The maximum Gasteiger partial charge on any atom is 0.343 e. The fourth-order valence-electron chi connectivity index (χ4n) is 4.63. The van der Waals surface area contributed by atoms with Gasteiger partial charge in [-0.3, -0.25) is 4.98 Å². The highest BCUT2D eigenvalue weighted by atomic mass is 16.5. The number of pyridine rings is 1. The Morgan fingerprint density at radius 2 is 1.28 bits per heavy atom. The molecule has 1 aromatic heterocycles. The van der Waals surface area contributed by atoms with Crippen LogP contribution in [0.15, 0.2) is 66.9 Å².